The largest absolute Gasteiger partial charge is 0.416 e. The van der Waals surface area contributed by atoms with E-state index in [0.29, 0.717) is 11.3 Å². The van der Waals surface area contributed by atoms with Crippen LogP contribution in [0.4, 0.5) is 18.9 Å². The van der Waals surface area contributed by atoms with Gasteiger partial charge < -0.3 is 11.5 Å². The monoisotopic (exact) mass is 484 g/mol. The zero-order valence-electron chi connectivity index (χ0n) is 18.5. The number of pyridine rings is 1. The number of halogens is 3. The SMILES string of the molecule is C[C@H](c1cc(N)cc(C(F)(F)F)c1)c1cc(=O)n(-c2cncc(-c3cnnn3C)c2)nc1C(N)=O. The summed E-state index contributed by atoms with van der Waals surface area (Å²) < 4.78 is 42.3. The summed E-state index contributed by atoms with van der Waals surface area (Å²) in [5, 5.41) is 11.8. The Labute approximate surface area is 196 Å². The molecule has 0 bridgehead atoms. The first-order valence-corrected chi connectivity index (χ1v) is 10.2. The fourth-order valence-electron chi connectivity index (χ4n) is 3.68. The summed E-state index contributed by atoms with van der Waals surface area (Å²) in [4.78, 5) is 29.4. The first-order chi connectivity index (χ1) is 16.5. The smallest absolute Gasteiger partial charge is 0.399 e. The maximum Gasteiger partial charge on any atom is 0.416 e. The highest BCUT2D eigenvalue weighted by Crippen LogP contribution is 2.35. The minimum atomic E-state index is -4.63. The van der Waals surface area contributed by atoms with Crippen LogP contribution in [0.5, 0.6) is 0 Å². The van der Waals surface area contributed by atoms with E-state index in [0.717, 1.165) is 22.9 Å². The third kappa shape index (κ3) is 4.60. The molecule has 0 unspecified atom stereocenters. The van der Waals surface area contributed by atoms with Crippen molar-refractivity contribution in [3.63, 3.8) is 0 Å². The van der Waals surface area contributed by atoms with Crippen LogP contribution in [-0.2, 0) is 13.2 Å². The Morgan fingerprint density at radius 1 is 1.09 bits per heavy atom. The van der Waals surface area contributed by atoms with E-state index < -0.39 is 29.1 Å². The van der Waals surface area contributed by atoms with E-state index >= 15 is 0 Å². The van der Waals surface area contributed by atoms with Crippen LogP contribution in [-0.4, -0.2) is 35.7 Å². The van der Waals surface area contributed by atoms with Gasteiger partial charge in [0, 0.05) is 36.5 Å². The van der Waals surface area contributed by atoms with Crippen LogP contribution in [0.15, 0.2) is 53.7 Å². The van der Waals surface area contributed by atoms with E-state index in [4.69, 9.17) is 11.5 Å². The molecule has 0 saturated carbocycles. The van der Waals surface area contributed by atoms with Gasteiger partial charge in [-0.05, 0) is 35.4 Å². The highest BCUT2D eigenvalue weighted by Gasteiger charge is 2.32. The fourth-order valence-corrected chi connectivity index (χ4v) is 3.68. The van der Waals surface area contributed by atoms with Gasteiger partial charge in [-0.2, -0.15) is 23.0 Å². The summed E-state index contributed by atoms with van der Waals surface area (Å²) in [7, 11) is 1.68. The lowest BCUT2D eigenvalue weighted by Gasteiger charge is -2.18. The van der Waals surface area contributed by atoms with Crippen LogP contribution in [0.1, 0.15) is 40.0 Å². The lowest BCUT2D eigenvalue weighted by Crippen LogP contribution is -2.28. The molecule has 35 heavy (non-hydrogen) atoms. The molecule has 180 valence electrons. The lowest BCUT2D eigenvalue weighted by molar-refractivity contribution is -0.137. The van der Waals surface area contributed by atoms with Crippen LogP contribution in [0.3, 0.4) is 0 Å². The Balaban J connectivity index is 1.83. The molecule has 4 N–H and O–H groups in total. The number of hydrogen-bond donors (Lipinski definition) is 2. The van der Waals surface area contributed by atoms with Gasteiger partial charge >= 0.3 is 6.18 Å². The summed E-state index contributed by atoms with van der Waals surface area (Å²) in [6.07, 6.45) is -0.212. The number of amides is 1. The lowest BCUT2D eigenvalue weighted by atomic mass is 9.90. The molecule has 3 aromatic heterocycles. The Morgan fingerprint density at radius 2 is 1.83 bits per heavy atom. The Bertz CT molecular complexity index is 1490. The number of carbonyl (C=O) groups excluding carboxylic acids is 1. The van der Waals surface area contributed by atoms with Crippen molar-refractivity contribution in [3.8, 4) is 16.9 Å². The Kier molecular flexibility index (Phi) is 5.84. The van der Waals surface area contributed by atoms with Crippen molar-refractivity contribution in [1.82, 2.24) is 29.8 Å². The van der Waals surface area contributed by atoms with Gasteiger partial charge in [-0.15, -0.1) is 5.10 Å². The van der Waals surface area contributed by atoms with Crippen molar-refractivity contribution >= 4 is 11.6 Å². The zero-order chi connectivity index (χ0) is 25.5. The molecule has 3 heterocycles. The second kappa shape index (κ2) is 8.66. The molecule has 4 aromatic rings. The van der Waals surface area contributed by atoms with Crippen LogP contribution in [0, 0.1) is 0 Å². The van der Waals surface area contributed by atoms with Gasteiger partial charge in [0.1, 0.15) is 0 Å². The molecule has 0 aliphatic heterocycles. The zero-order valence-corrected chi connectivity index (χ0v) is 18.5. The number of nitrogens with zero attached hydrogens (tertiary/aromatic N) is 6. The van der Waals surface area contributed by atoms with E-state index in [2.05, 4.69) is 20.4 Å². The average molecular weight is 484 g/mol. The number of alkyl halides is 3. The van der Waals surface area contributed by atoms with Gasteiger partial charge in [-0.25, -0.2) is 4.68 Å². The van der Waals surface area contributed by atoms with E-state index in [1.807, 2.05) is 0 Å². The molecule has 0 aliphatic carbocycles. The highest BCUT2D eigenvalue weighted by molar-refractivity contribution is 5.92. The molecular weight excluding hydrogens is 465 g/mol. The summed E-state index contributed by atoms with van der Waals surface area (Å²) in [5.74, 6) is -1.80. The standard InChI is InChI=1S/C22H19F3N8O2/c1-11(12-3-14(22(23,24)25)6-15(26)4-12)17-7-19(34)33(30-20(17)21(27)35)16-5-13(8-28-9-16)18-10-29-31-32(18)2/h3-11H,26H2,1-2H3,(H2,27,35)/t11-/m1/s1. The molecule has 1 amide bonds. The first-order valence-electron chi connectivity index (χ1n) is 10.2. The molecule has 0 saturated heterocycles. The molecule has 4 rings (SSSR count). The van der Waals surface area contributed by atoms with Crippen molar-refractivity contribution in [2.75, 3.05) is 5.73 Å². The number of aromatic nitrogens is 6. The molecule has 1 atom stereocenters. The average Bonchev–Trinajstić information content (AvgIpc) is 3.23. The summed E-state index contributed by atoms with van der Waals surface area (Å²) in [6.45, 7) is 1.53. The Morgan fingerprint density at radius 3 is 2.46 bits per heavy atom. The van der Waals surface area contributed by atoms with Crippen molar-refractivity contribution in [2.24, 2.45) is 12.8 Å². The first kappa shape index (κ1) is 23.6. The number of carbonyl (C=O) groups is 1. The number of aryl methyl sites for hydroxylation is 1. The number of nitrogens with two attached hydrogens (primary N) is 2. The van der Waals surface area contributed by atoms with Crippen LogP contribution in [0.25, 0.3) is 16.9 Å². The van der Waals surface area contributed by atoms with Gasteiger partial charge in [-0.1, -0.05) is 12.1 Å². The second-order valence-electron chi connectivity index (χ2n) is 7.85. The number of benzene rings is 1. The van der Waals surface area contributed by atoms with Crippen molar-refractivity contribution < 1.29 is 18.0 Å². The van der Waals surface area contributed by atoms with Crippen molar-refractivity contribution in [1.29, 1.82) is 0 Å². The van der Waals surface area contributed by atoms with Crippen LogP contribution >= 0.6 is 0 Å². The van der Waals surface area contributed by atoms with Gasteiger partial charge in [0.15, 0.2) is 5.69 Å². The summed E-state index contributed by atoms with van der Waals surface area (Å²) >= 11 is 0. The van der Waals surface area contributed by atoms with Gasteiger partial charge in [0.2, 0.25) is 0 Å². The van der Waals surface area contributed by atoms with Gasteiger partial charge in [-0.3, -0.25) is 14.6 Å². The van der Waals surface area contributed by atoms with E-state index in [9.17, 15) is 22.8 Å². The Hall–Kier alpha value is -4.55. The van der Waals surface area contributed by atoms with Crippen LogP contribution < -0.4 is 17.0 Å². The van der Waals surface area contributed by atoms with E-state index in [1.54, 1.807) is 13.1 Å². The fraction of sp³-hybridized carbons (Fsp3) is 0.182. The van der Waals surface area contributed by atoms with E-state index in [-0.39, 0.29) is 28.2 Å². The van der Waals surface area contributed by atoms with Crippen LogP contribution in [0.2, 0.25) is 0 Å². The summed E-state index contributed by atoms with van der Waals surface area (Å²) in [6, 6.07) is 5.77. The number of anilines is 1. The number of primary amides is 1. The third-order valence-electron chi connectivity index (χ3n) is 5.44. The summed E-state index contributed by atoms with van der Waals surface area (Å²) in [5.41, 5.74) is 10.9. The molecule has 0 fully saturated rings. The molecule has 0 spiro atoms. The highest BCUT2D eigenvalue weighted by atomic mass is 19.4. The molecule has 10 nitrogen and oxygen atoms in total. The number of rotatable bonds is 5. The quantitative estimate of drug-likeness (QED) is 0.413. The molecule has 0 radical (unpaired) electrons. The minimum absolute atomic E-state index is 0.0671. The third-order valence-corrected chi connectivity index (χ3v) is 5.44. The second-order valence-corrected chi connectivity index (χ2v) is 7.85. The molecule has 13 heteroatoms. The topological polar surface area (TPSA) is 148 Å². The maximum atomic E-state index is 13.3. The number of nitrogen functional groups attached to an aromatic ring is 1. The maximum absolute atomic E-state index is 13.3. The molecule has 1 aromatic carbocycles. The minimum Gasteiger partial charge on any atom is -0.399 e. The van der Waals surface area contributed by atoms with E-state index in [1.165, 1.54) is 36.3 Å². The molecular formula is C22H19F3N8O2. The van der Waals surface area contributed by atoms with Gasteiger partial charge in [0.25, 0.3) is 11.5 Å². The van der Waals surface area contributed by atoms with Crippen molar-refractivity contribution in [2.45, 2.75) is 19.0 Å². The number of hydrogen-bond acceptors (Lipinski definition) is 7. The normalized spacial score (nSPS) is 12.5. The van der Waals surface area contributed by atoms with Gasteiger partial charge in [0.05, 0.1) is 29.3 Å². The predicted molar refractivity (Wildman–Crippen MR) is 120 cm³/mol. The molecule has 0 aliphatic rings. The predicted octanol–water partition coefficient (Wildman–Crippen LogP) is 2.27. The van der Waals surface area contributed by atoms with Crippen molar-refractivity contribution in [3.05, 3.63) is 81.7 Å².